The summed E-state index contributed by atoms with van der Waals surface area (Å²) >= 11 is 7.25. The summed E-state index contributed by atoms with van der Waals surface area (Å²) in [6.45, 7) is 8.35. The van der Waals surface area contributed by atoms with Crippen LogP contribution in [0.1, 0.15) is 59.1 Å². The number of rotatable bonds is 25. The molecule has 0 radical (unpaired) electrons. The van der Waals surface area contributed by atoms with Gasteiger partial charge < -0.3 is 54.2 Å². The van der Waals surface area contributed by atoms with Crippen LogP contribution in [0.5, 0.6) is 23.5 Å². The van der Waals surface area contributed by atoms with Crippen LogP contribution < -0.4 is 24.3 Å². The van der Waals surface area contributed by atoms with E-state index in [1.807, 2.05) is 36.4 Å². The largest absolute Gasteiger partial charge is 0.481 e. The smallest absolute Gasteiger partial charge is 0.306 e. The third-order valence-corrected chi connectivity index (χ3v) is 11.8. The monoisotopic (exact) mass is 985 g/mol. The Kier molecular flexibility index (Phi) is 17.4. The van der Waals surface area contributed by atoms with Gasteiger partial charge in [0.05, 0.1) is 73.6 Å². The summed E-state index contributed by atoms with van der Waals surface area (Å²) in [4.78, 5) is 31.5. The molecular formula is C45H53Br2N3O12. The molecule has 2 aliphatic rings. The van der Waals surface area contributed by atoms with Gasteiger partial charge in [-0.2, -0.15) is 9.97 Å². The van der Waals surface area contributed by atoms with Crippen LogP contribution in [0, 0.1) is 25.7 Å². The van der Waals surface area contributed by atoms with Gasteiger partial charge in [0.1, 0.15) is 13.2 Å². The van der Waals surface area contributed by atoms with Crippen molar-refractivity contribution in [2.75, 3.05) is 46.2 Å². The Labute approximate surface area is 377 Å². The minimum Gasteiger partial charge on any atom is -0.481 e. The Bertz CT molecular complexity index is 2020. The lowest BCUT2D eigenvalue weighted by Gasteiger charge is -2.26. The highest BCUT2D eigenvalue weighted by atomic mass is 79.9. The van der Waals surface area contributed by atoms with Crippen LogP contribution in [0.25, 0.3) is 11.1 Å². The van der Waals surface area contributed by atoms with Crippen molar-refractivity contribution in [2.45, 2.75) is 77.9 Å². The van der Waals surface area contributed by atoms with Gasteiger partial charge in [-0.05, 0) is 110 Å². The lowest BCUT2D eigenvalue weighted by Crippen LogP contribution is -2.33. The van der Waals surface area contributed by atoms with Gasteiger partial charge in [-0.25, -0.2) is 0 Å². The third-order valence-electron chi connectivity index (χ3n) is 10.7. The number of aryl methyl sites for hydroxylation is 1. The number of aliphatic carboxylic acids is 2. The van der Waals surface area contributed by atoms with Crippen molar-refractivity contribution in [3.8, 4) is 34.6 Å². The number of nitrogens with one attached hydrogen (secondary N) is 1. The second-order valence-corrected chi connectivity index (χ2v) is 17.4. The average Bonchev–Trinajstić information content (AvgIpc) is 3.17. The van der Waals surface area contributed by atoms with Crippen molar-refractivity contribution in [1.29, 1.82) is 0 Å². The van der Waals surface area contributed by atoms with Crippen molar-refractivity contribution >= 4 is 43.8 Å². The number of pyridine rings is 2. The summed E-state index contributed by atoms with van der Waals surface area (Å²) in [5, 5.41) is 41.2. The lowest BCUT2D eigenvalue weighted by atomic mass is 9.92. The van der Waals surface area contributed by atoms with Crippen molar-refractivity contribution in [1.82, 2.24) is 15.3 Å². The SMILES string of the molecule is Cc1c(COc2nc(OCC3COC3)c(CCC[C@@H](O)CC(=O)O)cc2Br)cccc1-c1cccc(COc2nc(OCC3COC3)c(CNC[C@@H](O)CC(=O)O)cc2Br)c1C. The third kappa shape index (κ3) is 13.3. The molecule has 4 aromatic rings. The molecule has 2 fully saturated rings. The molecular weight excluding hydrogens is 934 g/mol. The lowest BCUT2D eigenvalue weighted by molar-refractivity contribution is -0.140. The van der Waals surface area contributed by atoms with E-state index in [0.29, 0.717) is 97.9 Å². The topological polar surface area (TPSA) is 208 Å². The van der Waals surface area contributed by atoms with Gasteiger partial charge in [-0.3, -0.25) is 9.59 Å². The second-order valence-electron chi connectivity index (χ2n) is 15.7. The number of ether oxygens (including phenoxy) is 6. The molecule has 0 spiro atoms. The minimum atomic E-state index is -1.07. The summed E-state index contributed by atoms with van der Waals surface area (Å²) in [5.41, 5.74) is 7.68. The molecule has 0 saturated carbocycles. The summed E-state index contributed by atoms with van der Waals surface area (Å²) in [6.07, 6.45) is -1.17. The Morgan fingerprint density at radius 3 is 1.68 bits per heavy atom. The number of benzene rings is 2. The van der Waals surface area contributed by atoms with E-state index in [0.717, 1.165) is 44.5 Å². The molecule has 2 atom stereocenters. The average molecular weight is 988 g/mol. The number of nitrogens with zero attached hydrogens (tertiary/aromatic N) is 2. The van der Waals surface area contributed by atoms with Crippen molar-refractivity contribution in [3.63, 3.8) is 0 Å². The van der Waals surface area contributed by atoms with Crippen LogP contribution in [0.2, 0.25) is 0 Å². The number of hydrogen-bond acceptors (Lipinski definition) is 13. The molecule has 2 aromatic carbocycles. The molecule has 0 unspecified atom stereocenters. The fourth-order valence-electron chi connectivity index (χ4n) is 6.94. The van der Waals surface area contributed by atoms with E-state index in [2.05, 4.69) is 63.2 Å². The molecule has 5 N–H and O–H groups in total. The van der Waals surface area contributed by atoms with Gasteiger partial charge in [0.2, 0.25) is 23.5 Å². The predicted octanol–water partition coefficient (Wildman–Crippen LogP) is 6.58. The number of carbonyl (C=O) groups is 2. The molecule has 0 amide bonds. The molecule has 15 nitrogen and oxygen atoms in total. The highest BCUT2D eigenvalue weighted by Gasteiger charge is 2.24. The van der Waals surface area contributed by atoms with E-state index >= 15 is 0 Å². The van der Waals surface area contributed by atoms with Gasteiger partial charge in [0.15, 0.2) is 0 Å². The number of aliphatic hydroxyl groups excluding tert-OH is 2. The van der Waals surface area contributed by atoms with Crippen LogP contribution in [0.15, 0.2) is 57.5 Å². The number of hydrogen-bond donors (Lipinski definition) is 5. The fraction of sp³-hybridized carbons (Fsp3) is 0.467. The molecule has 6 rings (SSSR count). The van der Waals surface area contributed by atoms with Gasteiger partial charge in [-0.15, -0.1) is 0 Å². The second kappa shape index (κ2) is 22.8. The normalized spacial score (nSPS) is 15.0. The zero-order chi connectivity index (χ0) is 44.2. The Morgan fingerprint density at radius 1 is 0.710 bits per heavy atom. The number of halogens is 2. The number of aromatic nitrogens is 2. The van der Waals surface area contributed by atoms with Crippen molar-refractivity contribution in [3.05, 3.63) is 90.9 Å². The standard InChI is InChI=1S/C45H53Br2N3O12/c1-26-31(24-61-44-38(46)12-30(6-3-9-34(51)14-40(53)54)42(49-44)59-22-28-18-57-19-28)7-4-10-36(26)37-11-5-8-32(27(37)2)25-62-45-39(47)13-33(16-48-17-35(52)15-41(55)56)43(50-45)60-23-29-20-58-21-29/h4-5,7-8,10-13,28-29,34-35,48,51-52H,3,6,9,14-25H2,1-2H3,(H,53,54)(H,55,56)/t34-,35+/m1/s1. The molecule has 0 aliphatic carbocycles. The van der Waals surface area contributed by atoms with Gasteiger partial charge >= 0.3 is 11.9 Å². The first kappa shape index (κ1) is 47.1. The zero-order valence-electron chi connectivity index (χ0n) is 34.7. The van der Waals surface area contributed by atoms with Crippen LogP contribution in [0.4, 0.5) is 0 Å². The molecule has 334 valence electrons. The molecule has 62 heavy (non-hydrogen) atoms. The van der Waals surface area contributed by atoms with Crippen LogP contribution in [0.3, 0.4) is 0 Å². The van der Waals surface area contributed by atoms with E-state index in [9.17, 15) is 19.8 Å². The molecule has 2 saturated heterocycles. The van der Waals surface area contributed by atoms with Crippen LogP contribution in [-0.2, 0) is 45.2 Å². The maximum atomic E-state index is 11.0. The van der Waals surface area contributed by atoms with Crippen LogP contribution in [-0.4, -0.2) is 101 Å². The van der Waals surface area contributed by atoms with Crippen molar-refractivity contribution < 1.29 is 58.4 Å². The highest BCUT2D eigenvalue weighted by Crippen LogP contribution is 2.35. The molecule has 4 heterocycles. The summed E-state index contributed by atoms with van der Waals surface area (Å²) in [5.74, 6) is -0.0134. The first-order valence-corrected chi connectivity index (χ1v) is 22.2. The first-order chi connectivity index (χ1) is 29.8. The summed E-state index contributed by atoms with van der Waals surface area (Å²) in [6, 6.07) is 16.0. The highest BCUT2D eigenvalue weighted by molar-refractivity contribution is 9.10. The van der Waals surface area contributed by atoms with E-state index in [-0.39, 0.29) is 44.4 Å². The van der Waals surface area contributed by atoms with Crippen LogP contribution >= 0.6 is 31.9 Å². The van der Waals surface area contributed by atoms with Crippen molar-refractivity contribution in [2.24, 2.45) is 11.8 Å². The molecule has 17 heteroatoms. The van der Waals surface area contributed by atoms with E-state index in [4.69, 9.17) is 48.6 Å². The number of carboxylic acid groups (broad SMARTS) is 2. The van der Waals surface area contributed by atoms with E-state index in [1.54, 1.807) is 0 Å². The Morgan fingerprint density at radius 2 is 1.19 bits per heavy atom. The fourth-order valence-corrected chi connectivity index (χ4v) is 7.89. The number of aliphatic hydroxyl groups is 2. The van der Waals surface area contributed by atoms with Gasteiger partial charge in [-0.1, -0.05) is 36.4 Å². The molecule has 0 bridgehead atoms. The maximum Gasteiger partial charge on any atom is 0.306 e. The Hall–Kier alpha value is -4.36. The minimum absolute atomic E-state index is 0.0910. The maximum absolute atomic E-state index is 11.0. The predicted molar refractivity (Wildman–Crippen MR) is 235 cm³/mol. The van der Waals surface area contributed by atoms with E-state index in [1.165, 1.54) is 0 Å². The number of carboxylic acids is 2. The Balaban J connectivity index is 1.13. The quantitative estimate of drug-likeness (QED) is 0.0476. The van der Waals surface area contributed by atoms with E-state index < -0.39 is 24.1 Å². The summed E-state index contributed by atoms with van der Waals surface area (Å²) in [7, 11) is 0. The first-order valence-electron chi connectivity index (χ1n) is 20.6. The molecule has 2 aliphatic heterocycles. The van der Waals surface area contributed by atoms with Gasteiger partial charge in [0.25, 0.3) is 0 Å². The molecule has 2 aromatic heterocycles. The van der Waals surface area contributed by atoms with Gasteiger partial charge in [0, 0.05) is 36.1 Å². The zero-order valence-corrected chi connectivity index (χ0v) is 37.9. The summed E-state index contributed by atoms with van der Waals surface area (Å²) < 4.78 is 36.8.